The van der Waals surface area contributed by atoms with Gasteiger partial charge in [0.1, 0.15) is 0 Å². The van der Waals surface area contributed by atoms with E-state index in [0.717, 1.165) is 19.5 Å². The molecule has 0 bridgehead atoms. The van der Waals surface area contributed by atoms with Gasteiger partial charge < -0.3 is 15.2 Å². The molecule has 1 rings (SSSR count). The molecule has 0 spiro atoms. The van der Waals surface area contributed by atoms with E-state index in [-0.39, 0.29) is 12.1 Å². The minimum absolute atomic E-state index is 0.0763. The number of carbonyl (C=O) groups excluding carboxylic acids is 1. The summed E-state index contributed by atoms with van der Waals surface area (Å²) < 4.78 is 1.96. The third-order valence-electron chi connectivity index (χ3n) is 3.52. The molecule has 1 aromatic heterocycles. The predicted molar refractivity (Wildman–Crippen MR) is 81.5 cm³/mol. The highest BCUT2D eigenvalue weighted by Crippen LogP contribution is 2.10. The lowest BCUT2D eigenvalue weighted by atomic mass is 9.99. The standard InChI is InChI=1S/C15H28N4O/c1-4-6-7-14(5-2)10-17-15(20)18-13(3)11-19-9-8-16-12-19/h8-9,12-14H,4-7,10-11H2,1-3H3,(H2,17,18,20)/t13-,14+/m1/s1. The van der Waals surface area contributed by atoms with Gasteiger partial charge in [0.25, 0.3) is 0 Å². The quantitative estimate of drug-likeness (QED) is 0.730. The van der Waals surface area contributed by atoms with Crippen LogP contribution in [0.5, 0.6) is 0 Å². The molecule has 0 radical (unpaired) electrons. The lowest BCUT2D eigenvalue weighted by molar-refractivity contribution is 0.233. The normalized spacial score (nSPS) is 13.8. The molecular weight excluding hydrogens is 252 g/mol. The molecule has 2 atom stereocenters. The van der Waals surface area contributed by atoms with Crippen molar-refractivity contribution in [2.75, 3.05) is 6.54 Å². The first kappa shape index (κ1) is 16.5. The van der Waals surface area contributed by atoms with Crippen LogP contribution in [0.15, 0.2) is 18.7 Å². The molecule has 0 unspecified atom stereocenters. The number of unbranched alkanes of at least 4 members (excludes halogenated alkanes) is 1. The van der Waals surface area contributed by atoms with Crippen LogP contribution in [0.25, 0.3) is 0 Å². The fourth-order valence-corrected chi connectivity index (χ4v) is 2.21. The van der Waals surface area contributed by atoms with Crippen molar-refractivity contribution >= 4 is 6.03 Å². The Morgan fingerprint density at radius 2 is 2.20 bits per heavy atom. The van der Waals surface area contributed by atoms with Gasteiger partial charge in [-0.1, -0.05) is 33.1 Å². The first-order valence-corrected chi connectivity index (χ1v) is 7.65. The van der Waals surface area contributed by atoms with Crippen LogP contribution in [0, 0.1) is 5.92 Å². The molecular formula is C15H28N4O. The van der Waals surface area contributed by atoms with Gasteiger partial charge in [-0.15, -0.1) is 0 Å². The number of hydrogen-bond donors (Lipinski definition) is 2. The summed E-state index contributed by atoms with van der Waals surface area (Å²) in [4.78, 5) is 15.8. The molecule has 0 aromatic carbocycles. The summed E-state index contributed by atoms with van der Waals surface area (Å²) in [6, 6.07) is 0.00693. The smallest absolute Gasteiger partial charge is 0.315 e. The van der Waals surface area contributed by atoms with Gasteiger partial charge in [-0.25, -0.2) is 9.78 Å². The van der Waals surface area contributed by atoms with E-state index < -0.39 is 0 Å². The number of carbonyl (C=O) groups is 1. The second-order valence-corrected chi connectivity index (χ2v) is 5.43. The molecule has 1 aromatic rings. The van der Waals surface area contributed by atoms with Crippen molar-refractivity contribution in [1.29, 1.82) is 0 Å². The third kappa shape index (κ3) is 6.59. The molecule has 114 valence electrons. The maximum absolute atomic E-state index is 11.8. The number of imidazole rings is 1. The maximum atomic E-state index is 11.8. The van der Waals surface area contributed by atoms with E-state index in [4.69, 9.17) is 0 Å². The molecule has 0 aliphatic heterocycles. The van der Waals surface area contributed by atoms with Crippen molar-refractivity contribution in [2.45, 2.75) is 59.0 Å². The summed E-state index contributed by atoms with van der Waals surface area (Å²) in [5.41, 5.74) is 0. The number of hydrogen-bond acceptors (Lipinski definition) is 2. The molecule has 2 amide bonds. The SMILES string of the molecule is CCCC[C@H](CC)CNC(=O)N[C@H](C)Cn1ccnc1. The second-order valence-electron chi connectivity index (χ2n) is 5.43. The van der Waals surface area contributed by atoms with Gasteiger partial charge >= 0.3 is 6.03 Å². The van der Waals surface area contributed by atoms with E-state index in [1.54, 1.807) is 12.5 Å². The van der Waals surface area contributed by atoms with Crippen molar-refractivity contribution in [3.8, 4) is 0 Å². The van der Waals surface area contributed by atoms with Crippen molar-refractivity contribution < 1.29 is 4.79 Å². The summed E-state index contributed by atoms with van der Waals surface area (Å²) in [5, 5.41) is 5.93. The Morgan fingerprint density at radius 1 is 1.40 bits per heavy atom. The van der Waals surface area contributed by atoms with Crippen molar-refractivity contribution in [1.82, 2.24) is 20.2 Å². The van der Waals surface area contributed by atoms with Crippen molar-refractivity contribution in [3.05, 3.63) is 18.7 Å². The van der Waals surface area contributed by atoms with Crippen LogP contribution in [-0.4, -0.2) is 28.2 Å². The van der Waals surface area contributed by atoms with Crippen LogP contribution >= 0.6 is 0 Å². The number of urea groups is 1. The third-order valence-corrected chi connectivity index (χ3v) is 3.52. The zero-order valence-electron chi connectivity index (χ0n) is 12.9. The Bertz CT molecular complexity index is 364. The van der Waals surface area contributed by atoms with Gasteiger partial charge in [-0.05, 0) is 19.3 Å². The van der Waals surface area contributed by atoms with E-state index >= 15 is 0 Å². The van der Waals surface area contributed by atoms with Gasteiger partial charge in [0.05, 0.1) is 6.33 Å². The highest BCUT2D eigenvalue weighted by atomic mass is 16.2. The topological polar surface area (TPSA) is 59.0 Å². The first-order valence-electron chi connectivity index (χ1n) is 7.65. The van der Waals surface area contributed by atoms with Crippen LogP contribution in [0.1, 0.15) is 46.5 Å². The minimum atomic E-state index is -0.0763. The Balaban J connectivity index is 2.21. The summed E-state index contributed by atoms with van der Waals surface area (Å²) >= 11 is 0. The van der Waals surface area contributed by atoms with Crippen molar-refractivity contribution in [3.63, 3.8) is 0 Å². The number of aromatic nitrogens is 2. The molecule has 20 heavy (non-hydrogen) atoms. The number of nitrogens with zero attached hydrogens (tertiary/aromatic N) is 2. The summed E-state index contributed by atoms with van der Waals surface area (Å²) in [7, 11) is 0. The summed E-state index contributed by atoms with van der Waals surface area (Å²) in [6.45, 7) is 7.88. The average molecular weight is 280 g/mol. The predicted octanol–water partition coefficient (Wildman–Crippen LogP) is 2.79. The monoisotopic (exact) mass is 280 g/mol. The van der Waals surface area contributed by atoms with E-state index in [9.17, 15) is 4.79 Å². The summed E-state index contributed by atoms with van der Waals surface area (Å²) in [6.07, 6.45) is 10.2. The van der Waals surface area contributed by atoms with Crippen molar-refractivity contribution in [2.24, 2.45) is 5.92 Å². The fourth-order valence-electron chi connectivity index (χ4n) is 2.21. The van der Waals surface area contributed by atoms with Crippen LogP contribution < -0.4 is 10.6 Å². The van der Waals surface area contributed by atoms with Gasteiger partial charge in [0.15, 0.2) is 0 Å². The van der Waals surface area contributed by atoms with Gasteiger partial charge in [-0.2, -0.15) is 0 Å². The first-order chi connectivity index (χ1) is 9.65. The van der Waals surface area contributed by atoms with E-state index in [2.05, 4.69) is 29.5 Å². The molecule has 0 saturated heterocycles. The zero-order chi connectivity index (χ0) is 14.8. The average Bonchev–Trinajstić information content (AvgIpc) is 2.91. The fraction of sp³-hybridized carbons (Fsp3) is 0.733. The van der Waals surface area contributed by atoms with Crippen LogP contribution in [0.2, 0.25) is 0 Å². The number of rotatable bonds is 9. The molecule has 0 aliphatic carbocycles. The van der Waals surface area contributed by atoms with E-state index in [1.165, 1.54) is 19.3 Å². The van der Waals surface area contributed by atoms with Gasteiger partial charge in [0, 0.05) is 31.5 Å². The van der Waals surface area contributed by atoms with E-state index in [0.29, 0.717) is 5.92 Å². The Labute approximate surface area is 122 Å². The van der Waals surface area contributed by atoms with Crippen LogP contribution in [0.4, 0.5) is 4.79 Å². The molecule has 5 nitrogen and oxygen atoms in total. The molecule has 2 N–H and O–H groups in total. The van der Waals surface area contributed by atoms with E-state index in [1.807, 2.05) is 17.7 Å². The molecule has 5 heteroatoms. The molecule has 0 fully saturated rings. The van der Waals surface area contributed by atoms with Crippen LogP contribution in [-0.2, 0) is 6.54 Å². The number of nitrogens with one attached hydrogen (secondary N) is 2. The minimum Gasteiger partial charge on any atom is -0.338 e. The lowest BCUT2D eigenvalue weighted by Crippen LogP contribution is -2.43. The largest absolute Gasteiger partial charge is 0.338 e. The summed E-state index contributed by atoms with van der Waals surface area (Å²) in [5.74, 6) is 0.588. The Kier molecular flexibility index (Phi) is 7.77. The van der Waals surface area contributed by atoms with Gasteiger partial charge in [-0.3, -0.25) is 0 Å². The highest BCUT2D eigenvalue weighted by molar-refractivity contribution is 5.74. The molecule has 0 aliphatic rings. The van der Waals surface area contributed by atoms with Crippen LogP contribution in [0.3, 0.4) is 0 Å². The zero-order valence-corrected chi connectivity index (χ0v) is 12.9. The maximum Gasteiger partial charge on any atom is 0.315 e. The molecule has 0 saturated carbocycles. The second kappa shape index (κ2) is 9.39. The lowest BCUT2D eigenvalue weighted by Gasteiger charge is -2.18. The number of amides is 2. The van der Waals surface area contributed by atoms with Gasteiger partial charge in [0.2, 0.25) is 0 Å². The molecule has 1 heterocycles. The Morgan fingerprint density at radius 3 is 2.80 bits per heavy atom. The highest BCUT2D eigenvalue weighted by Gasteiger charge is 2.10. The Hall–Kier alpha value is -1.52.